The molecule has 0 aliphatic carbocycles. The summed E-state index contributed by atoms with van der Waals surface area (Å²) >= 11 is 6.28. The molecule has 0 amide bonds. The second kappa shape index (κ2) is 10.5. The summed E-state index contributed by atoms with van der Waals surface area (Å²) in [5.41, 5.74) is 2.33. The number of ether oxygens (including phenoxy) is 1. The zero-order valence-electron chi connectivity index (χ0n) is 18.4. The van der Waals surface area contributed by atoms with E-state index in [2.05, 4.69) is 48.5 Å². The van der Waals surface area contributed by atoms with Crippen LogP contribution in [0.1, 0.15) is 5.56 Å². The Hall–Kier alpha value is -3.10. The molecular weight excluding hydrogens is 426 g/mol. The van der Waals surface area contributed by atoms with E-state index >= 15 is 0 Å². The predicted molar refractivity (Wildman–Crippen MR) is 129 cm³/mol. The molecule has 0 radical (unpaired) electrons. The van der Waals surface area contributed by atoms with Crippen molar-refractivity contribution in [3.63, 3.8) is 0 Å². The predicted octanol–water partition coefficient (Wildman–Crippen LogP) is 3.68. The number of nitrogens with one attached hydrogen (secondary N) is 2. The molecule has 8 nitrogen and oxygen atoms in total. The van der Waals surface area contributed by atoms with Crippen LogP contribution in [0.5, 0.6) is 5.75 Å². The fourth-order valence-corrected chi connectivity index (χ4v) is 3.65. The molecule has 9 heteroatoms. The van der Waals surface area contributed by atoms with Crippen LogP contribution in [0.4, 0.5) is 23.3 Å². The van der Waals surface area contributed by atoms with Crippen molar-refractivity contribution in [1.29, 1.82) is 0 Å². The summed E-state index contributed by atoms with van der Waals surface area (Å²) in [7, 11) is 3.81. The number of hydrogen-bond donors (Lipinski definition) is 2. The Labute approximate surface area is 193 Å². The Bertz CT molecular complexity index is 1010. The summed E-state index contributed by atoms with van der Waals surface area (Å²) in [6, 6.07) is 12.0. The third-order valence-electron chi connectivity index (χ3n) is 5.47. The maximum absolute atomic E-state index is 6.28. The fourth-order valence-electron chi connectivity index (χ4n) is 3.50. The van der Waals surface area contributed by atoms with Gasteiger partial charge < -0.3 is 25.2 Å². The molecule has 0 unspecified atom stereocenters. The molecular formula is C23H28ClN7O. The Morgan fingerprint density at radius 1 is 1.00 bits per heavy atom. The summed E-state index contributed by atoms with van der Waals surface area (Å²) in [4.78, 5) is 18.0. The second-order valence-corrected chi connectivity index (χ2v) is 8.14. The zero-order valence-corrected chi connectivity index (χ0v) is 19.1. The molecule has 0 bridgehead atoms. The standard InChI is InChI=1S/C23H28ClN7O/c1-30-11-13-31(14-12-30)18-5-8-21(26-15-18)28-23-27-16-20(24)22(29-23)25-10-9-17-3-6-19(32-2)7-4-17/h3-8,15-16H,9-14H2,1-2H3,(H2,25,26,27,28,29). The third-order valence-corrected chi connectivity index (χ3v) is 5.74. The van der Waals surface area contributed by atoms with Gasteiger partial charge in [0.2, 0.25) is 5.95 Å². The number of anilines is 4. The largest absolute Gasteiger partial charge is 0.497 e. The van der Waals surface area contributed by atoms with E-state index in [9.17, 15) is 0 Å². The Morgan fingerprint density at radius 3 is 2.47 bits per heavy atom. The maximum atomic E-state index is 6.28. The van der Waals surface area contributed by atoms with Crippen molar-refractivity contribution in [2.24, 2.45) is 0 Å². The molecule has 4 rings (SSSR count). The van der Waals surface area contributed by atoms with Crippen molar-refractivity contribution in [3.8, 4) is 5.75 Å². The van der Waals surface area contributed by atoms with Crippen LogP contribution in [0, 0.1) is 0 Å². The first kappa shape index (κ1) is 22.1. The first-order valence-electron chi connectivity index (χ1n) is 10.7. The van der Waals surface area contributed by atoms with Crippen LogP contribution in [0.25, 0.3) is 0 Å². The minimum Gasteiger partial charge on any atom is -0.497 e. The van der Waals surface area contributed by atoms with Crippen LogP contribution in [-0.2, 0) is 6.42 Å². The van der Waals surface area contributed by atoms with Crippen molar-refractivity contribution in [2.75, 3.05) is 62.4 Å². The number of halogens is 1. The van der Waals surface area contributed by atoms with Gasteiger partial charge in [0, 0.05) is 32.7 Å². The first-order valence-corrected chi connectivity index (χ1v) is 11.0. The quantitative estimate of drug-likeness (QED) is 0.534. The number of methoxy groups -OCH3 is 1. The van der Waals surface area contributed by atoms with Crippen LogP contribution >= 0.6 is 11.6 Å². The Balaban J connectivity index is 1.33. The van der Waals surface area contributed by atoms with Gasteiger partial charge in [0.15, 0.2) is 5.82 Å². The van der Waals surface area contributed by atoms with E-state index in [0.29, 0.717) is 29.2 Å². The lowest BCUT2D eigenvalue weighted by Crippen LogP contribution is -2.44. The number of pyridine rings is 1. The van der Waals surface area contributed by atoms with Gasteiger partial charge >= 0.3 is 0 Å². The third kappa shape index (κ3) is 5.77. The minimum absolute atomic E-state index is 0.446. The Morgan fingerprint density at radius 2 is 1.78 bits per heavy atom. The minimum atomic E-state index is 0.446. The van der Waals surface area contributed by atoms with Crippen LogP contribution in [0.15, 0.2) is 48.8 Å². The number of aromatic nitrogens is 3. The molecule has 1 saturated heterocycles. The highest BCUT2D eigenvalue weighted by Gasteiger charge is 2.14. The summed E-state index contributed by atoms with van der Waals surface area (Å²) < 4.78 is 5.20. The molecule has 1 aliphatic rings. The topological polar surface area (TPSA) is 78.4 Å². The lowest BCUT2D eigenvalue weighted by molar-refractivity contribution is 0.313. The molecule has 1 aromatic carbocycles. The van der Waals surface area contributed by atoms with Gasteiger partial charge in [0.1, 0.15) is 16.6 Å². The number of nitrogens with zero attached hydrogens (tertiary/aromatic N) is 5. The number of piperazine rings is 1. The SMILES string of the molecule is COc1ccc(CCNc2nc(Nc3ccc(N4CCN(C)CC4)cn3)ncc2Cl)cc1. The van der Waals surface area contributed by atoms with Gasteiger partial charge in [-0.2, -0.15) is 4.98 Å². The van der Waals surface area contributed by atoms with Gasteiger partial charge in [-0.25, -0.2) is 9.97 Å². The van der Waals surface area contributed by atoms with Crippen LogP contribution < -0.4 is 20.3 Å². The van der Waals surface area contributed by atoms with E-state index in [1.54, 1.807) is 13.3 Å². The molecule has 0 spiro atoms. The number of likely N-dealkylation sites (N-methyl/N-ethyl adjacent to an activating group) is 1. The smallest absolute Gasteiger partial charge is 0.230 e. The van der Waals surface area contributed by atoms with Crippen molar-refractivity contribution in [2.45, 2.75) is 6.42 Å². The lowest BCUT2D eigenvalue weighted by Gasteiger charge is -2.33. The molecule has 1 aliphatic heterocycles. The van der Waals surface area contributed by atoms with Crippen LogP contribution in [-0.4, -0.2) is 66.7 Å². The van der Waals surface area contributed by atoms with Gasteiger partial charge in [-0.05, 0) is 43.3 Å². The molecule has 3 aromatic rings. The summed E-state index contributed by atoms with van der Waals surface area (Å²) in [6.45, 7) is 4.84. The monoisotopic (exact) mass is 453 g/mol. The number of rotatable bonds is 8. The van der Waals surface area contributed by atoms with Gasteiger partial charge in [-0.15, -0.1) is 0 Å². The van der Waals surface area contributed by atoms with E-state index in [-0.39, 0.29) is 0 Å². The molecule has 32 heavy (non-hydrogen) atoms. The molecule has 0 atom stereocenters. The van der Waals surface area contributed by atoms with E-state index in [0.717, 1.165) is 44.0 Å². The van der Waals surface area contributed by atoms with E-state index in [4.69, 9.17) is 16.3 Å². The Kier molecular flexibility index (Phi) is 7.24. The number of benzene rings is 1. The molecule has 168 valence electrons. The highest BCUT2D eigenvalue weighted by Crippen LogP contribution is 2.22. The van der Waals surface area contributed by atoms with Gasteiger partial charge in [-0.3, -0.25) is 0 Å². The number of hydrogen-bond acceptors (Lipinski definition) is 8. The van der Waals surface area contributed by atoms with E-state index in [1.165, 1.54) is 5.56 Å². The fraction of sp³-hybridized carbons (Fsp3) is 0.348. The summed E-state index contributed by atoms with van der Waals surface area (Å²) in [6.07, 6.45) is 4.31. The van der Waals surface area contributed by atoms with Crippen LogP contribution in [0.2, 0.25) is 5.02 Å². The van der Waals surface area contributed by atoms with E-state index in [1.807, 2.05) is 36.5 Å². The maximum Gasteiger partial charge on any atom is 0.230 e. The molecule has 2 N–H and O–H groups in total. The average molecular weight is 454 g/mol. The van der Waals surface area contributed by atoms with Gasteiger partial charge in [0.25, 0.3) is 0 Å². The van der Waals surface area contributed by atoms with Gasteiger partial charge in [-0.1, -0.05) is 23.7 Å². The first-order chi connectivity index (χ1) is 15.6. The molecule has 3 heterocycles. The highest BCUT2D eigenvalue weighted by atomic mass is 35.5. The normalized spacial score (nSPS) is 14.3. The van der Waals surface area contributed by atoms with E-state index < -0.39 is 0 Å². The van der Waals surface area contributed by atoms with Crippen molar-refractivity contribution >= 4 is 34.9 Å². The van der Waals surface area contributed by atoms with Crippen molar-refractivity contribution in [1.82, 2.24) is 19.9 Å². The second-order valence-electron chi connectivity index (χ2n) is 7.73. The average Bonchev–Trinajstić information content (AvgIpc) is 2.82. The molecule has 1 fully saturated rings. The lowest BCUT2D eigenvalue weighted by atomic mass is 10.1. The van der Waals surface area contributed by atoms with Crippen molar-refractivity contribution < 1.29 is 4.74 Å². The highest BCUT2D eigenvalue weighted by molar-refractivity contribution is 6.32. The molecule has 0 saturated carbocycles. The molecule has 2 aromatic heterocycles. The van der Waals surface area contributed by atoms with Crippen molar-refractivity contribution in [3.05, 3.63) is 59.4 Å². The summed E-state index contributed by atoms with van der Waals surface area (Å²) in [5, 5.41) is 6.92. The van der Waals surface area contributed by atoms with Gasteiger partial charge in [0.05, 0.1) is 25.2 Å². The zero-order chi connectivity index (χ0) is 22.3. The summed E-state index contributed by atoms with van der Waals surface area (Å²) in [5.74, 6) is 2.57. The van der Waals surface area contributed by atoms with Crippen LogP contribution in [0.3, 0.4) is 0 Å².